The Labute approximate surface area is 155 Å². The van der Waals surface area contributed by atoms with Crippen molar-refractivity contribution in [2.75, 3.05) is 6.61 Å². The van der Waals surface area contributed by atoms with Crippen molar-refractivity contribution >= 4 is 15.9 Å². The molecule has 0 aromatic rings. The number of aliphatic hydroxyl groups excluding tert-OH is 1. The van der Waals surface area contributed by atoms with Gasteiger partial charge in [-0.1, -0.05) is 39.8 Å². The minimum Gasteiger partial charge on any atom is -0.744 e. The fourth-order valence-corrected chi connectivity index (χ4v) is 2.72. The van der Waals surface area contributed by atoms with E-state index in [1.54, 1.807) is 0 Å². The van der Waals surface area contributed by atoms with Crippen LogP contribution in [0, 0.1) is 11.3 Å². The fraction of sp³-hybridized carbons (Fsp3) is 0.667. The van der Waals surface area contributed by atoms with Gasteiger partial charge in [0.2, 0.25) is 0 Å². The summed E-state index contributed by atoms with van der Waals surface area (Å²) >= 11 is 0. The maximum absolute atomic E-state index is 10.7. The van der Waals surface area contributed by atoms with Crippen molar-refractivity contribution in [2.24, 2.45) is 11.3 Å². The van der Waals surface area contributed by atoms with Gasteiger partial charge in [0.15, 0.2) is 5.78 Å². The summed E-state index contributed by atoms with van der Waals surface area (Å²) in [6, 6.07) is 0. The molecule has 0 radical (unpaired) electrons. The molecule has 1 atom stereocenters. The van der Waals surface area contributed by atoms with E-state index < -0.39 is 20.8 Å². The maximum Gasteiger partial charge on any atom is 1.00 e. The summed E-state index contributed by atoms with van der Waals surface area (Å²) in [6.45, 7) is 9.24. The maximum atomic E-state index is 10.7. The van der Waals surface area contributed by atoms with Gasteiger partial charge in [-0.3, -0.25) is 4.79 Å². The summed E-state index contributed by atoms with van der Waals surface area (Å²) in [6.07, 6.45) is 6.04. The molecule has 0 aromatic heterocycles. The zero-order chi connectivity index (χ0) is 16.7. The van der Waals surface area contributed by atoms with E-state index in [0.29, 0.717) is 17.9 Å². The van der Waals surface area contributed by atoms with Crippen LogP contribution in [-0.2, 0) is 14.9 Å². The van der Waals surface area contributed by atoms with Crippen LogP contribution >= 0.6 is 0 Å². The van der Waals surface area contributed by atoms with E-state index in [1.807, 2.05) is 0 Å². The predicted molar refractivity (Wildman–Crippen MR) is 81.5 cm³/mol. The Kier molecular flexibility index (Phi) is 11.8. The van der Waals surface area contributed by atoms with Gasteiger partial charge in [0.05, 0.1) is 4.91 Å². The van der Waals surface area contributed by atoms with Crippen LogP contribution in [0.1, 0.15) is 47.0 Å². The standard InChI is InChI=1S/C9H20O.C6H6O4S.Na/c1-8(5-6-10)7-9(2,3)4;7-5-3-1-2-4-6(5)11(8,9)10;/h8,10H,5-7H2,1-4H3;1-2,4H,3H2,(H,8,9,10);/q;;+1/p-1. The SMILES string of the molecule is CC(CCO)CC(C)(C)C.O=C1CC=CC=C1S(=O)(=O)[O-].[Na+]. The van der Waals surface area contributed by atoms with Crippen molar-refractivity contribution in [3.8, 4) is 0 Å². The van der Waals surface area contributed by atoms with E-state index in [1.165, 1.54) is 18.6 Å². The summed E-state index contributed by atoms with van der Waals surface area (Å²) in [5.74, 6) is 0.0208. The summed E-state index contributed by atoms with van der Waals surface area (Å²) in [4.78, 5) is 10.1. The molecule has 1 unspecified atom stereocenters. The second-order valence-corrected chi connectivity index (χ2v) is 7.77. The van der Waals surface area contributed by atoms with Crippen LogP contribution in [0.3, 0.4) is 0 Å². The first-order valence-corrected chi connectivity index (χ1v) is 8.35. The molecular formula is C15H25NaO5S. The Hall–Kier alpha value is 0.0200. The second-order valence-electron chi connectivity index (χ2n) is 6.42. The minimum atomic E-state index is -4.56. The molecule has 0 aliphatic heterocycles. The number of carbonyl (C=O) groups excluding carboxylic acids is 1. The number of aliphatic hydroxyl groups is 1. The molecule has 5 nitrogen and oxygen atoms in total. The van der Waals surface area contributed by atoms with E-state index in [0.717, 1.165) is 12.5 Å². The van der Waals surface area contributed by atoms with Crippen molar-refractivity contribution < 1.29 is 52.4 Å². The Morgan fingerprint density at radius 3 is 2.23 bits per heavy atom. The molecule has 1 aliphatic rings. The molecule has 0 heterocycles. The summed E-state index contributed by atoms with van der Waals surface area (Å²) < 4.78 is 31.0. The van der Waals surface area contributed by atoms with Crippen LogP contribution in [0.5, 0.6) is 0 Å². The molecule has 0 saturated heterocycles. The van der Waals surface area contributed by atoms with Gasteiger partial charge >= 0.3 is 29.6 Å². The third kappa shape index (κ3) is 11.6. The van der Waals surface area contributed by atoms with Gasteiger partial charge in [-0.2, -0.15) is 0 Å². The van der Waals surface area contributed by atoms with Gasteiger partial charge in [0.1, 0.15) is 10.1 Å². The van der Waals surface area contributed by atoms with Crippen LogP contribution in [0.15, 0.2) is 23.1 Å². The molecule has 0 amide bonds. The zero-order valence-electron chi connectivity index (χ0n) is 14.1. The molecule has 1 rings (SSSR count). The van der Waals surface area contributed by atoms with Gasteiger partial charge in [-0.05, 0) is 30.3 Å². The van der Waals surface area contributed by atoms with Gasteiger partial charge in [0.25, 0.3) is 0 Å². The van der Waals surface area contributed by atoms with E-state index in [9.17, 15) is 17.8 Å². The van der Waals surface area contributed by atoms with Gasteiger partial charge in [-0.15, -0.1) is 0 Å². The van der Waals surface area contributed by atoms with Crippen molar-refractivity contribution in [3.63, 3.8) is 0 Å². The normalized spacial score (nSPS) is 16.1. The number of carbonyl (C=O) groups is 1. The molecule has 0 saturated carbocycles. The Bertz CT molecular complexity index is 501. The smallest absolute Gasteiger partial charge is 0.744 e. The van der Waals surface area contributed by atoms with Crippen molar-refractivity contribution in [1.82, 2.24) is 0 Å². The Balaban J connectivity index is 0. The molecule has 1 N–H and O–H groups in total. The zero-order valence-corrected chi connectivity index (χ0v) is 16.9. The Morgan fingerprint density at radius 1 is 1.36 bits per heavy atom. The monoisotopic (exact) mass is 340 g/mol. The number of rotatable bonds is 4. The molecule has 1 aliphatic carbocycles. The second kappa shape index (κ2) is 10.7. The van der Waals surface area contributed by atoms with Gasteiger partial charge in [-0.25, -0.2) is 8.42 Å². The largest absolute Gasteiger partial charge is 1.00 e. The summed E-state index contributed by atoms with van der Waals surface area (Å²) in [5.41, 5.74) is 0.411. The average molecular weight is 340 g/mol. The predicted octanol–water partition coefficient (Wildman–Crippen LogP) is -0.610. The van der Waals surface area contributed by atoms with E-state index in [4.69, 9.17) is 5.11 Å². The van der Waals surface area contributed by atoms with Crippen LogP contribution < -0.4 is 29.6 Å². The van der Waals surface area contributed by atoms with Crippen LogP contribution in [-0.4, -0.2) is 30.5 Å². The van der Waals surface area contributed by atoms with Crippen LogP contribution in [0.4, 0.5) is 0 Å². The molecule has 0 fully saturated rings. The van der Waals surface area contributed by atoms with E-state index in [2.05, 4.69) is 27.7 Å². The topological polar surface area (TPSA) is 94.5 Å². The molecule has 22 heavy (non-hydrogen) atoms. The molecule has 7 heteroatoms. The van der Waals surface area contributed by atoms with Crippen molar-refractivity contribution in [2.45, 2.75) is 47.0 Å². The minimum absolute atomic E-state index is 0. The first-order chi connectivity index (χ1) is 9.47. The van der Waals surface area contributed by atoms with E-state index in [-0.39, 0.29) is 36.0 Å². The van der Waals surface area contributed by atoms with Crippen molar-refractivity contribution in [3.05, 3.63) is 23.1 Å². The Morgan fingerprint density at radius 2 is 1.91 bits per heavy atom. The first-order valence-electron chi connectivity index (χ1n) is 6.94. The fourth-order valence-electron chi connectivity index (χ4n) is 2.11. The number of hydrogen-bond acceptors (Lipinski definition) is 5. The third-order valence-electron chi connectivity index (χ3n) is 2.81. The number of hydrogen-bond donors (Lipinski definition) is 1. The van der Waals surface area contributed by atoms with Crippen LogP contribution in [0.2, 0.25) is 0 Å². The average Bonchev–Trinajstić information content (AvgIpc) is 2.26. The quantitative estimate of drug-likeness (QED) is 0.544. The molecule has 0 spiro atoms. The molecular weight excluding hydrogens is 315 g/mol. The molecule has 122 valence electrons. The number of allylic oxidation sites excluding steroid dienone is 4. The van der Waals surface area contributed by atoms with Gasteiger partial charge < -0.3 is 9.66 Å². The van der Waals surface area contributed by atoms with Crippen molar-refractivity contribution in [1.29, 1.82) is 0 Å². The van der Waals surface area contributed by atoms with E-state index >= 15 is 0 Å². The van der Waals surface area contributed by atoms with Crippen LogP contribution in [0.25, 0.3) is 0 Å². The molecule has 0 bridgehead atoms. The number of Topliss-reactive ketones (excluding diaryl/α,β-unsaturated/α-hetero) is 1. The first kappa shape index (κ1) is 24.3. The summed E-state index contributed by atoms with van der Waals surface area (Å²) in [5, 5.41) is 8.63. The third-order valence-corrected chi connectivity index (χ3v) is 3.72. The number of ketones is 1. The molecule has 0 aromatic carbocycles. The summed E-state index contributed by atoms with van der Waals surface area (Å²) in [7, 11) is -4.56. The van der Waals surface area contributed by atoms with Gasteiger partial charge in [0, 0.05) is 13.0 Å².